The zero-order valence-corrected chi connectivity index (χ0v) is 17.8. The van der Waals surface area contributed by atoms with Crippen molar-refractivity contribution in [3.63, 3.8) is 0 Å². The van der Waals surface area contributed by atoms with Crippen LogP contribution in [0.4, 0.5) is 10.3 Å². The highest BCUT2D eigenvalue weighted by Gasteiger charge is 2.18. The Morgan fingerprint density at radius 1 is 1.06 bits per heavy atom. The summed E-state index contributed by atoms with van der Waals surface area (Å²) in [6.45, 7) is 1.37. The molecule has 8 heteroatoms. The molecule has 1 aliphatic rings. The van der Waals surface area contributed by atoms with Crippen LogP contribution in [0.2, 0.25) is 5.02 Å². The van der Waals surface area contributed by atoms with E-state index in [1.807, 2.05) is 12.1 Å². The first-order valence-corrected chi connectivity index (χ1v) is 10.8. The van der Waals surface area contributed by atoms with Gasteiger partial charge in [-0.05, 0) is 49.2 Å². The van der Waals surface area contributed by atoms with Crippen LogP contribution in [-0.2, 0) is 4.74 Å². The maximum atomic E-state index is 13.6. The van der Waals surface area contributed by atoms with Gasteiger partial charge in [-0.15, -0.1) is 0 Å². The summed E-state index contributed by atoms with van der Waals surface area (Å²) in [5.74, 6) is 0.0509. The van der Waals surface area contributed by atoms with Crippen LogP contribution in [0.3, 0.4) is 0 Å². The summed E-state index contributed by atoms with van der Waals surface area (Å²) in [7, 11) is 0. The van der Waals surface area contributed by atoms with Crippen LogP contribution in [0.5, 0.6) is 0 Å². The lowest BCUT2D eigenvalue weighted by Crippen LogP contribution is -2.29. The van der Waals surface area contributed by atoms with Gasteiger partial charge in [0.05, 0.1) is 5.69 Å². The third-order valence-corrected chi connectivity index (χ3v) is 5.87. The fourth-order valence-corrected chi connectivity index (χ4v) is 4.13. The molecule has 3 heterocycles. The number of rotatable bonds is 4. The highest BCUT2D eigenvalue weighted by atomic mass is 35.5. The average molecular weight is 451 g/mol. The van der Waals surface area contributed by atoms with E-state index in [0.717, 1.165) is 12.8 Å². The molecule has 32 heavy (non-hydrogen) atoms. The normalized spacial score (nSPS) is 14.6. The molecule has 2 aromatic carbocycles. The van der Waals surface area contributed by atoms with Crippen LogP contribution in [0.15, 0.2) is 65.6 Å². The SMILES string of the molecule is O=c1c(-c2ccccc2Cl)cc2cnc(NC3CCOCC3)nc2n1-c1ccc(F)cc1. The summed E-state index contributed by atoms with van der Waals surface area (Å²) in [5.41, 5.74) is 1.67. The third kappa shape index (κ3) is 3.97. The fourth-order valence-electron chi connectivity index (χ4n) is 3.89. The molecular weight excluding hydrogens is 431 g/mol. The Balaban J connectivity index is 1.71. The number of hydrogen-bond donors (Lipinski definition) is 1. The van der Waals surface area contributed by atoms with Crippen molar-refractivity contribution in [1.82, 2.24) is 14.5 Å². The highest BCUT2D eigenvalue weighted by molar-refractivity contribution is 6.33. The van der Waals surface area contributed by atoms with Gasteiger partial charge in [0.15, 0.2) is 5.65 Å². The highest BCUT2D eigenvalue weighted by Crippen LogP contribution is 2.28. The molecule has 2 aromatic heterocycles. The molecule has 0 radical (unpaired) electrons. The van der Waals surface area contributed by atoms with Crippen molar-refractivity contribution in [1.29, 1.82) is 0 Å². The van der Waals surface area contributed by atoms with Crippen molar-refractivity contribution in [2.45, 2.75) is 18.9 Å². The van der Waals surface area contributed by atoms with E-state index in [1.54, 1.807) is 36.5 Å². The number of anilines is 1. The molecule has 0 amide bonds. The van der Waals surface area contributed by atoms with Crippen molar-refractivity contribution in [3.05, 3.63) is 82.0 Å². The van der Waals surface area contributed by atoms with Gasteiger partial charge in [-0.2, -0.15) is 4.98 Å². The number of nitrogens with zero attached hydrogens (tertiary/aromatic N) is 3. The molecule has 162 valence electrons. The minimum absolute atomic E-state index is 0.203. The van der Waals surface area contributed by atoms with Crippen molar-refractivity contribution in [2.75, 3.05) is 18.5 Å². The number of ether oxygens (including phenoxy) is 1. The molecular formula is C24H20ClFN4O2. The zero-order chi connectivity index (χ0) is 22.1. The van der Waals surface area contributed by atoms with Crippen LogP contribution in [0.1, 0.15) is 12.8 Å². The molecule has 0 unspecified atom stereocenters. The second-order valence-electron chi connectivity index (χ2n) is 7.66. The first-order chi connectivity index (χ1) is 15.6. The average Bonchev–Trinajstić information content (AvgIpc) is 2.81. The quantitative estimate of drug-likeness (QED) is 0.482. The molecule has 1 N–H and O–H groups in total. The molecule has 0 aliphatic carbocycles. The van der Waals surface area contributed by atoms with E-state index in [4.69, 9.17) is 16.3 Å². The number of fused-ring (bicyclic) bond motifs is 1. The molecule has 1 fully saturated rings. The van der Waals surface area contributed by atoms with E-state index in [1.165, 1.54) is 16.7 Å². The van der Waals surface area contributed by atoms with Gasteiger partial charge in [0.2, 0.25) is 5.95 Å². The van der Waals surface area contributed by atoms with Crippen LogP contribution in [0, 0.1) is 5.82 Å². The number of nitrogens with one attached hydrogen (secondary N) is 1. The van der Waals surface area contributed by atoms with Gasteiger partial charge < -0.3 is 10.1 Å². The van der Waals surface area contributed by atoms with Crippen molar-refractivity contribution in [3.8, 4) is 16.8 Å². The van der Waals surface area contributed by atoms with E-state index < -0.39 is 0 Å². The second-order valence-corrected chi connectivity index (χ2v) is 8.07. The van der Waals surface area contributed by atoms with Gasteiger partial charge in [-0.3, -0.25) is 9.36 Å². The van der Waals surface area contributed by atoms with Gasteiger partial charge in [0, 0.05) is 47.0 Å². The van der Waals surface area contributed by atoms with Gasteiger partial charge in [0.25, 0.3) is 5.56 Å². The zero-order valence-electron chi connectivity index (χ0n) is 17.1. The van der Waals surface area contributed by atoms with E-state index >= 15 is 0 Å². The standard InChI is InChI=1S/C24H20ClFN4O2/c25-21-4-2-1-3-19(21)20-13-15-14-27-24(28-17-9-11-32-12-10-17)29-22(15)30(23(20)31)18-7-5-16(26)6-8-18/h1-8,13-14,17H,9-12H2,(H,27,28,29). The first-order valence-electron chi connectivity index (χ1n) is 10.4. The Morgan fingerprint density at radius 2 is 1.81 bits per heavy atom. The Kier molecular flexibility index (Phi) is 5.59. The number of aromatic nitrogens is 3. The molecule has 1 saturated heterocycles. The van der Waals surface area contributed by atoms with E-state index in [-0.39, 0.29) is 17.4 Å². The monoisotopic (exact) mass is 450 g/mol. The van der Waals surface area contributed by atoms with Gasteiger partial charge in [0.1, 0.15) is 5.82 Å². The molecule has 0 atom stereocenters. The summed E-state index contributed by atoms with van der Waals surface area (Å²) in [6, 6.07) is 14.9. The summed E-state index contributed by atoms with van der Waals surface area (Å²) in [5, 5.41) is 4.47. The second kappa shape index (κ2) is 8.68. The van der Waals surface area contributed by atoms with Crippen LogP contribution in [-0.4, -0.2) is 33.8 Å². The van der Waals surface area contributed by atoms with E-state index in [2.05, 4.69) is 15.3 Å². The summed E-state index contributed by atoms with van der Waals surface area (Å²) < 4.78 is 20.5. The van der Waals surface area contributed by atoms with Crippen molar-refractivity contribution < 1.29 is 9.13 Å². The fraction of sp³-hybridized carbons (Fsp3) is 0.208. The molecule has 5 rings (SSSR count). The topological polar surface area (TPSA) is 69.0 Å². The molecule has 6 nitrogen and oxygen atoms in total. The Hall–Kier alpha value is -3.29. The summed E-state index contributed by atoms with van der Waals surface area (Å²) >= 11 is 6.39. The molecule has 1 aliphatic heterocycles. The van der Waals surface area contributed by atoms with Crippen molar-refractivity contribution in [2.24, 2.45) is 0 Å². The van der Waals surface area contributed by atoms with Gasteiger partial charge in [-0.25, -0.2) is 9.37 Å². The molecule has 0 saturated carbocycles. The predicted octanol–water partition coefficient (Wildman–Crippen LogP) is 4.83. The Bertz CT molecular complexity index is 1330. The van der Waals surface area contributed by atoms with E-state index in [0.29, 0.717) is 52.0 Å². The minimum Gasteiger partial charge on any atom is -0.381 e. The lowest BCUT2D eigenvalue weighted by atomic mass is 10.1. The maximum absolute atomic E-state index is 13.6. The Morgan fingerprint density at radius 3 is 2.56 bits per heavy atom. The Labute approximate surface area is 188 Å². The lowest BCUT2D eigenvalue weighted by molar-refractivity contribution is 0.0903. The van der Waals surface area contributed by atoms with Crippen LogP contribution in [0.25, 0.3) is 27.8 Å². The number of hydrogen-bond acceptors (Lipinski definition) is 5. The minimum atomic E-state index is -0.384. The lowest BCUT2D eigenvalue weighted by Gasteiger charge is -2.23. The maximum Gasteiger partial charge on any atom is 0.264 e. The smallest absolute Gasteiger partial charge is 0.264 e. The number of pyridine rings is 1. The number of halogens is 2. The van der Waals surface area contributed by atoms with Gasteiger partial charge in [-0.1, -0.05) is 29.8 Å². The molecule has 0 bridgehead atoms. The van der Waals surface area contributed by atoms with Crippen LogP contribution >= 0.6 is 11.6 Å². The largest absolute Gasteiger partial charge is 0.381 e. The summed E-state index contributed by atoms with van der Waals surface area (Å²) in [6.07, 6.45) is 3.40. The predicted molar refractivity (Wildman–Crippen MR) is 123 cm³/mol. The number of benzene rings is 2. The first kappa shape index (κ1) is 20.6. The third-order valence-electron chi connectivity index (χ3n) is 5.54. The molecule has 0 spiro atoms. The van der Waals surface area contributed by atoms with Gasteiger partial charge >= 0.3 is 0 Å². The van der Waals surface area contributed by atoms with Crippen LogP contribution < -0.4 is 10.9 Å². The molecule has 4 aromatic rings. The summed E-state index contributed by atoms with van der Waals surface area (Å²) in [4.78, 5) is 22.8. The van der Waals surface area contributed by atoms with E-state index in [9.17, 15) is 9.18 Å². The van der Waals surface area contributed by atoms with Crippen molar-refractivity contribution >= 4 is 28.6 Å².